The van der Waals surface area contributed by atoms with E-state index in [-0.39, 0.29) is 17.9 Å². The predicted molar refractivity (Wildman–Crippen MR) is 89.5 cm³/mol. The van der Waals surface area contributed by atoms with Gasteiger partial charge in [-0.3, -0.25) is 19.8 Å². The number of amides is 6. The lowest BCUT2D eigenvalue weighted by atomic mass is 9.84. The molecule has 6 amide bonds. The van der Waals surface area contributed by atoms with Gasteiger partial charge in [0, 0.05) is 6.04 Å². The van der Waals surface area contributed by atoms with Gasteiger partial charge < -0.3 is 10.6 Å². The van der Waals surface area contributed by atoms with Crippen LogP contribution in [-0.2, 0) is 9.59 Å². The van der Waals surface area contributed by atoms with Gasteiger partial charge in [-0.25, -0.2) is 9.59 Å². The molecule has 25 heavy (non-hydrogen) atoms. The molecule has 3 rings (SSSR count). The molecule has 3 N–H and O–H groups in total. The van der Waals surface area contributed by atoms with Crippen LogP contribution in [-0.4, -0.2) is 47.4 Å². The third-order valence-corrected chi connectivity index (χ3v) is 5.42. The number of hydrogen-bond acceptors (Lipinski definition) is 4. The molecule has 0 aromatic carbocycles. The molecule has 8 nitrogen and oxygen atoms in total. The molecule has 0 unspecified atom stereocenters. The molecule has 3 fully saturated rings. The average molecular weight is 350 g/mol. The van der Waals surface area contributed by atoms with E-state index in [0.717, 1.165) is 62.7 Å². The minimum atomic E-state index is -0.650. The summed E-state index contributed by atoms with van der Waals surface area (Å²) in [6, 6.07) is -1.55. The number of imide groups is 2. The van der Waals surface area contributed by atoms with E-state index in [0.29, 0.717) is 0 Å². The Bertz CT molecular complexity index is 553. The van der Waals surface area contributed by atoms with Crippen molar-refractivity contribution in [3.8, 4) is 0 Å². The SMILES string of the molecule is O=C(CN1C(=O)N[C@H](C2CCCCC2)C1=O)NC(=O)NC1CCCC1. The summed E-state index contributed by atoms with van der Waals surface area (Å²) >= 11 is 0. The van der Waals surface area contributed by atoms with E-state index in [9.17, 15) is 19.2 Å². The number of nitrogens with one attached hydrogen (secondary N) is 3. The summed E-state index contributed by atoms with van der Waals surface area (Å²) in [6.45, 7) is -0.425. The van der Waals surface area contributed by atoms with Crippen molar-refractivity contribution in [2.24, 2.45) is 5.92 Å². The fraction of sp³-hybridized carbons (Fsp3) is 0.765. The fourth-order valence-corrected chi connectivity index (χ4v) is 4.08. The Morgan fingerprint density at radius 3 is 2.32 bits per heavy atom. The van der Waals surface area contributed by atoms with Crippen LogP contribution >= 0.6 is 0 Å². The third-order valence-electron chi connectivity index (χ3n) is 5.42. The summed E-state index contributed by atoms with van der Waals surface area (Å²) in [6.07, 6.45) is 9.09. The van der Waals surface area contributed by atoms with Gasteiger partial charge in [0.05, 0.1) is 0 Å². The lowest BCUT2D eigenvalue weighted by Gasteiger charge is -2.25. The van der Waals surface area contributed by atoms with Gasteiger partial charge in [-0.2, -0.15) is 0 Å². The number of nitrogens with zero attached hydrogens (tertiary/aromatic N) is 1. The van der Waals surface area contributed by atoms with Crippen molar-refractivity contribution in [2.45, 2.75) is 69.9 Å². The largest absolute Gasteiger partial charge is 0.335 e. The molecule has 1 atom stereocenters. The van der Waals surface area contributed by atoms with Crippen molar-refractivity contribution in [1.29, 1.82) is 0 Å². The Balaban J connectivity index is 1.49. The first-order chi connectivity index (χ1) is 12.0. The highest BCUT2D eigenvalue weighted by Crippen LogP contribution is 2.29. The smallest absolute Gasteiger partial charge is 0.325 e. The number of carbonyl (C=O) groups is 4. The number of carbonyl (C=O) groups excluding carboxylic acids is 4. The Morgan fingerprint density at radius 1 is 1.00 bits per heavy atom. The summed E-state index contributed by atoms with van der Waals surface area (Å²) in [4.78, 5) is 49.3. The first-order valence-electron chi connectivity index (χ1n) is 9.27. The van der Waals surface area contributed by atoms with Crippen molar-refractivity contribution in [3.63, 3.8) is 0 Å². The maximum Gasteiger partial charge on any atom is 0.325 e. The Kier molecular flexibility index (Phi) is 5.55. The number of rotatable bonds is 4. The van der Waals surface area contributed by atoms with Crippen molar-refractivity contribution in [3.05, 3.63) is 0 Å². The van der Waals surface area contributed by atoms with Gasteiger partial charge in [-0.15, -0.1) is 0 Å². The Hall–Kier alpha value is -2.12. The lowest BCUT2D eigenvalue weighted by Crippen LogP contribution is -2.48. The topological polar surface area (TPSA) is 108 Å². The molecule has 0 radical (unpaired) electrons. The summed E-state index contributed by atoms with van der Waals surface area (Å²) < 4.78 is 0. The van der Waals surface area contributed by atoms with Crippen molar-refractivity contribution in [2.75, 3.05) is 6.54 Å². The molecule has 1 aliphatic heterocycles. The zero-order valence-electron chi connectivity index (χ0n) is 14.4. The summed E-state index contributed by atoms with van der Waals surface area (Å²) in [5.74, 6) is -0.865. The second kappa shape index (κ2) is 7.84. The van der Waals surface area contributed by atoms with E-state index < -0.39 is 30.6 Å². The van der Waals surface area contributed by atoms with Crippen LogP contribution in [0, 0.1) is 5.92 Å². The van der Waals surface area contributed by atoms with Gasteiger partial charge in [0.2, 0.25) is 5.91 Å². The maximum atomic E-state index is 12.5. The van der Waals surface area contributed by atoms with E-state index in [2.05, 4.69) is 16.0 Å². The van der Waals surface area contributed by atoms with Gasteiger partial charge in [0.25, 0.3) is 5.91 Å². The van der Waals surface area contributed by atoms with Gasteiger partial charge in [0.15, 0.2) is 0 Å². The zero-order valence-corrected chi connectivity index (χ0v) is 14.4. The van der Waals surface area contributed by atoms with Crippen LogP contribution in [0.1, 0.15) is 57.8 Å². The minimum absolute atomic E-state index is 0.0974. The fourth-order valence-electron chi connectivity index (χ4n) is 4.08. The van der Waals surface area contributed by atoms with Crippen LogP contribution in [0.5, 0.6) is 0 Å². The molecule has 3 aliphatic rings. The molecule has 138 valence electrons. The second-order valence-electron chi connectivity index (χ2n) is 7.25. The molecule has 0 spiro atoms. The number of hydrogen-bond donors (Lipinski definition) is 3. The standard InChI is InChI=1S/C17H26N4O4/c22-13(19-16(24)18-12-8-4-5-9-12)10-21-15(23)14(20-17(21)25)11-6-2-1-3-7-11/h11-12,14H,1-10H2,(H,20,25)(H2,18,19,22,24)/t14-/m1/s1. The highest BCUT2D eigenvalue weighted by molar-refractivity contribution is 6.07. The van der Waals surface area contributed by atoms with Gasteiger partial charge >= 0.3 is 12.1 Å². The molecule has 2 saturated carbocycles. The summed E-state index contributed by atoms with van der Waals surface area (Å²) in [5, 5.41) is 7.65. The van der Waals surface area contributed by atoms with E-state index in [1.165, 1.54) is 0 Å². The quantitative estimate of drug-likeness (QED) is 0.663. The average Bonchev–Trinajstić information content (AvgIpc) is 3.19. The third kappa shape index (κ3) is 4.29. The van der Waals surface area contributed by atoms with E-state index in [1.54, 1.807) is 0 Å². The van der Waals surface area contributed by atoms with Crippen LogP contribution in [0.3, 0.4) is 0 Å². The highest BCUT2D eigenvalue weighted by atomic mass is 16.2. The molecule has 1 saturated heterocycles. The van der Waals surface area contributed by atoms with E-state index >= 15 is 0 Å². The molecule has 0 bridgehead atoms. The van der Waals surface area contributed by atoms with Crippen LogP contribution in [0.15, 0.2) is 0 Å². The van der Waals surface area contributed by atoms with Crippen LogP contribution in [0.4, 0.5) is 9.59 Å². The summed E-state index contributed by atoms with van der Waals surface area (Å²) in [5.41, 5.74) is 0. The van der Waals surface area contributed by atoms with E-state index in [1.807, 2.05) is 0 Å². The van der Waals surface area contributed by atoms with Gasteiger partial charge in [0.1, 0.15) is 12.6 Å². The molecule has 8 heteroatoms. The molecule has 2 aliphatic carbocycles. The first-order valence-corrected chi connectivity index (χ1v) is 9.27. The highest BCUT2D eigenvalue weighted by Gasteiger charge is 2.43. The lowest BCUT2D eigenvalue weighted by molar-refractivity contribution is -0.132. The second-order valence-corrected chi connectivity index (χ2v) is 7.25. The maximum absolute atomic E-state index is 12.5. The van der Waals surface area contributed by atoms with Crippen molar-refractivity contribution in [1.82, 2.24) is 20.9 Å². The summed E-state index contributed by atoms with van der Waals surface area (Å²) in [7, 11) is 0. The van der Waals surface area contributed by atoms with Gasteiger partial charge in [-0.1, -0.05) is 32.1 Å². The Labute approximate surface area is 147 Å². The molecular weight excluding hydrogens is 324 g/mol. The Morgan fingerprint density at radius 2 is 1.64 bits per heavy atom. The molecular formula is C17H26N4O4. The normalized spacial score (nSPS) is 25.1. The monoisotopic (exact) mass is 350 g/mol. The van der Waals surface area contributed by atoms with Crippen molar-refractivity contribution >= 4 is 23.9 Å². The predicted octanol–water partition coefficient (Wildman–Crippen LogP) is 1.26. The van der Waals surface area contributed by atoms with Crippen molar-refractivity contribution < 1.29 is 19.2 Å². The van der Waals surface area contributed by atoms with Crippen LogP contribution < -0.4 is 16.0 Å². The minimum Gasteiger partial charge on any atom is -0.335 e. The van der Waals surface area contributed by atoms with Crippen LogP contribution in [0.25, 0.3) is 0 Å². The van der Waals surface area contributed by atoms with Crippen LogP contribution in [0.2, 0.25) is 0 Å². The van der Waals surface area contributed by atoms with E-state index in [4.69, 9.17) is 0 Å². The van der Waals surface area contributed by atoms with Gasteiger partial charge in [-0.05, 0) is 31.6 Å². The molecule has 0 aromatic heterocycles. The molecule has 1 heterocycles. The first kappa shape index (κ1) is 17.7. The molecule has 0 aromatic rings. The zero-order chi connectivity index (χ0) is 17.8. The number of urea groups is 2.